The van der Waals surface area contributed by atoms with Crippen molar-refractivity contribution < 1.29 is 18.8 Å². The molecule has 1 unspecified atom stereocenters. The summed E-state index contributed by atoms with van der Waals surface area (Å²) in [6, 6.07) is 7.37. The first kappa shape index (κ1) is 18.8. The molecule has 2 rings (SSSR count). The number of hydrogen-bond acceptors (Lipinski definition) is 4. The first-order valence-electron chi connectivity index (χ1n) is 8.34. The van der Waals surface area contributed by atoms with Gasteiger partial charge in [0, 0.05) is 18.0 Å². The highest BCUT2D eigenvalue weighted by Gasteiger charge is 2.34. The van der Waals surface area contributed by atoms with Gasteiger partial charge in [-0.25, -0.2) is 4.67 Å². The van der Waals surface area contributed by atoms with E-state index in [0.717, 1.165) is 11.1 Å². The summed E-state index contributed by atoms with van der Waals surface area (Å²) in [5.74, 6) is 0.875. The van der Waals surface area contributed by atoms with Crippen molar-refractivity contribution in [2.75, 3.05) is 32.5 Å². The number of benzene rings is 1. The minimum absolute atomic E-state index is 0.0427. The molecule has 0 fully saturated rings. The van der Waals surface area contributed by atoms with Crippen molar-refractivity contribution in [2.24, 2.45) is 5.92 Å². The van der Waals surface area contributed by atoms with Crippen LogP contribution in [-0.2, 0) is 14.1 Å². The molecule has 1 aliphatic rings. The average molecular weight is 351 g/mol. The molecule has 0 bridgehead atoms. The van der Waals surface area contributed by atoms with Crippen LogP contribution < -0.4 is 10.0 Å². The predicted molar refractivity (Wildman–Crippen MR) is 96.2 cm³/mol. The third-order valence-electron chi connectivity index (χ3n) is 3.73. The number of rotatable bonds is 7. The first-order chi connectivity index (χ1) is 11.5. The molecule has 0 saturated heterocycles. The monoisotopic (exact) mass is 351 g/mol. The molecule has 0 saturated carbocycles. The summed E-state index contributed by atoms with van der Waals surface area (Å²) in [7, 11) is -2.82. The molecule has 0 amide bonds. The number of nitrogens with zero attached hydrogens (tertiary/aromatic N) is 1. The Kier molecular flexibility index (Phi) is 6.64. The van der Waals surface area contributed by atoms with Crippen molar-refractivity contribution in [1.82, 2.24) is 4.67 Å². The van der Waals surface area contributed by atoms with Gasteiger partial charge in [-0.2, -0.15) is 0 Å². The van der Waals surface area contributed by atoms with Crippen LogP contribution in [0, 0.1) is 5.92 Å². The fourth-order valence-electron chi connectivity index (χ4n) is 2.50. The summed E-state index contributed by atoms with van der Waals surface area (Å²) in [4.78, 5) is 11.8. The van der Waals surface area contributed by atoms with Gasteiger partial charge in [-0.05, 0) is 37.1 Å². The fourth-order valence-corrected chi connectivity index (χ4v) is 5.02. The van der Waals surface area contributed by atoms with Crippen LogP contribution in [0.15, 0.2) is 36.4 Å². The highest BCUT2D eigenvalue weighted by Crippen LogP contribution is 2.50. The quantitative estimate of drug-likeness (QED) is 0.429. The van der Waals surface area contributed by atoms with E-state index >= 15 is 0 Å². The SMILES string of the molecule is CCOC(=O)CN1CC=CCP1(=O)c1ccc(OCC(C)C)cc1. The number of hydrogen-bond donors (Lipinski definition) is 0. The molecule has 0 spiro atoms. The van der Waals surface area contributed by atoms with Gasteiger partial charge in [0.15, 0.2) is 7.29 Å². The summed E-state index contributed by atoms with van der Waals surface area (Å²) < 4.78 is 25.9. The van der Waals surface area contributed by atoms with Crippen LogP contribution in [0.5, 0.6) is 5.75 Å². The van der Waals surface area contributed by atoms with Gasteiger partial charge in [-0.3, -0.25) is 4.79 Å². The van der Waals surface area contributed by atoms with Crippen LogP contribution in [0.1, 0.15) is 20.8 Å². The Morgan fingerprint density at radius 3 is 2.58 bits per heavy atom. The lowest BCUT2D eigenvalue weighted by atomic mass is 10.2. The second kappa shape index (κ2) is 8.50. The molecule has 5 nitrogen and oxygen atoms in total. The number of carbonyl (C=O) groups excluding carboxylic acids is 1. The zero-order valence-electron chi connectivity index (χ0n) is 14.6. The van der Waals surface area contributed by atoms with Crippen molar-refractivity contribution in [1.29, 1.82) is 0 Å². The third kappa shape index (κ3) is 4.71. The van der Waals surface area contributed by atoms with E-state index < -0.39 is 7.29 Å². The molecule has 0 aromatic heterocycles. The van der Waals surface area contributed by atoms with Crippen molar-refractivity contribution in [3.05, 3.63) is 36.4 Å². The van der Waals surface area contributed by atoms with E-state index in [0.29, 0.717) is 31.8 Å². The predicted octanol–water partition coefficient (Wildman–Crippen LogP) is 3.06. The van der Waals surface area contributed by atoms with Crippen LogP contribution in [0.3, 0.4) is 0 Å². The van der Waals surface area contributed by atoms with Crippen molar-refractivity contribution >= 4 is 18.6 Å². The summed E-state index contributed by atoms with van der Waals surface area (Å²) >= 11 is 0. The Labute approximate surface area is 144 Å². The smallest absolute Gasteiger partial charge is 0.320 e. The van der Waals surface area contributed by atoms with E-state index in [-0.39, 0.29) is 12.5 Å². The van der Waals surface area contributed by atoms with Crippen LogP contribution in [0.25, 0.3) is 0 Å². The van der Waals surface area contributed by atoms with E-state index in [1.807, 2.05) is 36.4 Å². The molecule has 132 valence electrons. The molecule has 1 heterocycles. The van der Waals surface area contributed by atoms with Gasteiger partial charge in [-0.15, -0.1) is 0 Å². The molecule has 0 N–H and O–H groups in total. The highest BCUT2D eigenvalue weighted by atomic mass is 31.2. The maximum absolute atomic E-state index is 13.5. The Hall–Kier alpha value is -1.58. The molecular formula is C18H26NO4P. The van der Waals surface area contributed by atoms with Crippen LogP contribution in [0.2, 0.25) is 0 Å². The molecule has 1 aromatic rings. The van der Waals surface area contributed by atoms with Gasteiger partial charge < -0.3 is 14.0 Å². The van der Waals surface area contributed by atoms with Gasteiger partial charge in [0.2, 0.25) is 0 Å². The highest BCUT2D eigenvalue weighted by molar-refractivity contribution is 7.69. The third-order valence-corrected chi connectivity index (χ3v) is 6.76. The molecule has 24 heavy (non-hydrogen) atoms. The van der Waals surface area contributed by atoms with Gasteiger partial charge in [0.25, 0.3) is 0 Å². The van der Waals surface area contributed by atoms with Crippen LogP contribution >= 0.6 is 7.29 Å². The van der Waals surface area contributed by atoms with E-state index in [1.165, 1.54) is 0 Å². The Morgan fingerprint density at radius 2 is 1.96 bits per heavy atom. The first-order valence-corrected chi connectivity index (χ1v) is 10.2. The summed E-state index contributed by atoms with van der Waals surface area (Å²) in [6.07, 6.45) is 4.29. The zero-order valence-corrected chi connectivity index (χ0v) is 15.5. The number of allylic oxidation sites excluding steroid dienone is 1. The van der Waals surface area contributed by atoms with Gasteiger partial charge >= 0.3 is 5.97 Å². The second-order valence-corrected chi connectivity index (χ2v) is 9.06. The van der Waals surface area contributed by atoms with Crippen LogP contribution in [0.4, 0.5) is 0 Å². The van der Waals surface area contributed by atoms with E-state index in [9.17, 15) is 9.36 Å². The molecule has 1 aliphatic heterocycles. The molecular weight excluding hydrogens is 325 g/mol. The van der Waals surface area contributed by atoms with E-state index in [4.69, 9.17) is 9.47 Å². The lowest BCUT2D eigenvalue weighted by molar-refractivity contribution is -0.143. The number of carbonyl (C=O) groups is 1. The maximum Gasteiger partial charge on any atom is 0.320 e. The zero-order chi connectivity index (χ0) is 17.6. The molecule has 1 atom stereocenters. The topological polar surface area (TPSA) is 55.8 Å². The minimum Gasteiger partial charge on any atom is -0.493 e. The van der Waals surface area contributed by atoms with Crippen LogP contribution in [-0.4, -0.2) is 43.1 Å². The number of esters is 1. The van der Waals surface area contributed by atoms with Gasteiger partial charge in [0.05, 0.1) is 13.2 Å². The summed E-state index contributed by atoms with van der Waals surface area (Å²) in [5, 5.41) is 0.744. The van der Waals surface area contributed by atoms with Crippen molar-refractivity contribution in [3.63, 3.8) is 0 Å². The fraction of sp³-hybridized carbons (Fsp3) is 0.500. The normalized spacial score (nSPS) is 21.0. The lowest BCUT2D eigenvalue weighted by Crippen LogP contribution is -2.35. The van der Waals surface area contributed by atoms with Crippen molar-refractivity contribution in [3.8, 4) is 5.75 Å². The number of ether oxygens (including phenoxy) is 2. The van der Waals surface area contributed by atoms with Gasteiger partial charge in [0.1, 0.15) is 12.3 Å². The molecule has 6 heteroatoms. The minimum atomic E-state index is -2.82. The second-order valence-electron chi connectivity index (χ2n) is 6.21. The van der Waals surface area contributed by atoms with E-state index in [1.54, 1.807) is 11.6 Å². The summed E-state index contributed by atoms with van der Waals surface area (Å²) in [5.41, 5.74) is 0. The van der Waals surface area contributed by atoms with E-state index in [2.05, 4.69) is 13.8 Å². The average Bonchev–Trinajstić information content (AvgIpc) is 2.56. The summed E-state index contributed by atoms with van der Waals surface area (Å²) in [6.45, 7) is 7.46. The van der Waals surface area contributed by atoms with Gasteiger partial charge in [-0.1, -0.05) is 26.0 Å². The largest absolute Gasteiger partial charge is 0.493 e. The standard InChI is InChI=1S/C18H26NO4P/c1-4-22-18(20)13-19-11-5-6-12-24(19,21)17-9-7-16(8-10-17)23-14-15(2)3/h5-10,15H,4,11-14H2,1-3H3. The molecule has 0 radical (unpaired) electrons. The molecule has 0 aliphatic carbocycles. The maximum atomic E-state index is 13.5. The Balaban J connectivity index is 2.15. The Morgan fingerprint density at radius 1 is 1.25 bits per heavy atom. The Bertz CT molecular complexity index is 624. The molecule has 1 aromatic carbocycles. The lowest BCUT2D eigenvalue weighted by Gasteiger charge is -2.32. The van der Waals surface area contributed by atoms with Crippen molar-refractivity contribution in [2.45, 2.75) is 20.8 Å².